The molecule has 30 heavy (non-hydrogen) atoms. The number of morpholine rings is 1. The second-order valence-corrected chi connectivity index (χ2v) is 7.85. The zero-order valence-corrected chi connectivity index (χ0v) is 20.4. The van der Waals surface area contributed by atoms with E-state index in [0.29, 0.717) is 6.04 Å². The smallest absolute Gasteiger partial charge is 0.194 e. The van der Waals surface area contributed by atoms with Crippen molar-refractivity contribution in [2.45, 2.75) is 25.4 Å². The second-order valence-electron chi connectivity index (χ2n) is 7.85. The summed E-state index contributed by atoms with van der Waals surface area (Å²) in [5.41, 5.74) is 0.0738. The van der Waals surface area contributed by atoms with Crippen LogP contribution in [0.25, 0.3) is 0 Å². The summed E-state index contributed by atoms with van der Waals surface area (Å²) >= 11 is 0. The monoisotopic (exact) mass is 537 g/mol. The summed E-state index contributed by atoms with van der Waals surface area (Å²) in [6.07, 6.45) is 1.09. The lowest BCUT2D eigenvalue weighted by molar-refractivity contribution is 0.0195. The van der Waals surface area contributed by atoms with E-state index in [2.05, 4.69) is 15.1 Å². The molecule has 2 heterocycles. The van der Waals surface area contributed by atoms with Crippen molar-refractivity contribution in [3.05, 3.63) is 35.4 Å². The molecule has 2 unspecified atom stereocenters. The van der Waals surface area contributed by atoms with Crippen LogP contribution in [-0.2, 0) is 4.74 Å². The number of nitrogens with one attached hydrogen (secondary N) is 1. The van der Waals surface area contributed by atoms with E-state index < -0.39 is 17.7 Å². The maximum atomic E-state index is 14.3. The lowest BCUT2D eigenvalue weighted by Gasteiger charge is -2.32. The molecule has 1 aromatic rings. The van der Waals surface area contributed by atoms with Gasteiger partial charge in [-0.3, -0.25) is 9.89 Å². The highest BCUT2D eigenvalue weighted by molar-refractivity contribution is 14.0. The Bertz CT molecular complexity index is 680. The van der Waals surface area contributed by atoms with Crippen LogP contribution in [0.1, 0.15) is 24.9 Å². The summed E-state index contributed by atoms with van der Waals surface area (Å²) in [5, 5.41) is 3.35. The van der Waals surface area contributed by atoms with E-state index in [1.54, 1.807) is 0 Å². The van der Waals surface area contributed by atoms with E-state index in [4.69, 9.17) is 9.73 Å². The number of benzene rings is 1. The van der Waals surface area contributed by atoms with E-state index in [9.17, 15) is 8.78 Å². The first-order valence-electron chi connectivity index (χ1n) is 10.5. The molecule has 2 aliphatic heterocycles. The molecule has 6 nitrogen and oxygen atoms in total. The summed E-state index contributed by atoms with van der Waals surface area (Å²) in [4.78, 5) is 11.3. The molecular weight excluding hydrogens is 503 g/mol. The van der Waals surface area contributed by atoms with E-state index in [1.165, 1.54) is 18.2 Å². The second kappa shape index (κ2) is 12.1. The van der Waals surface area contributed by atoms with E-state index in [-0.39, 0.29) is 36.1 Å². The fraction of sp³-hybridized carbons (Fsp3) is 0.667. The molecule has 0 radical (unpaired) electrons. The average molecular weight is 537 g/mol. The van der Waals surface area contributed by atoms with Gasteiger partial charge in [-0.25, -0.2) is 8.78 Å². The van der Waals surface area contributed by atoms with Crippen LogP contribution in [0.15, 0.2) is 23.2 Å². The van der Waals surface area contributed by atoms with Gasteiger partial charge in [-0.15, -0.1) is 24.0 Å². The summed E-state index contributed by atoms with van der Waals surface area (Å²) in [6, 6.07) is 4.03. The Morgan fingerprint density at radius 2 is 1.90 bits per heavy atom. The van der Waals surface area contributed by atoms with Gasteiger partial charge in [0, 0.05) is 44.3 Å². The Morgan fingerprint density at radius 3 is 2.50 bits per heavy atom. The zero-order chi connectivity index (χ0) is 20.8. The van der Waals surface area contributed by atoms with Gasteiger partial charge in [0.2, 0.25) is 0 Å². The topological polar surface area (TPSA) is 43.3 Å². The average Bonchev–Trinajstić information content (AvgIpc) is 3.19. The molecule has 0 saturated carbocycles. The molecule has 0 aliphatic carbocycles. The predicted octanol–water partition coefficient (Wildman–Crippen LogP) is 2.56. The Balaban J connectivity index is 0.00000320. The van der Waals surface area contributed by atoms with Gasteiger partial charge >= 0.3 is 0 Å². The van der Waals surface area contributed by atoms with Gasteiger partial charge in [-0.2, -0.15) is 0 Å². The molecule has 0 spiro atoms. The van der Waals surface area contributed by atoms with E-state index in [1.807, 2.05) is 25.9 Å². The zero-order valence-electron chi connectivity index (χ0n) is 18.1. The largest absolute Gasteiger partial charge is 0.379 e. The minimum Gasteiger partial charge on any atom is -0.379 e. The highest BCUT2D eigenvalue weighted by Crippen LogP contribution is 2.25. The van der Waals surface area contributed by atoms with Crippen molar-refractivity contribution < 1.29 is 13.5 Å². The van der Waals surface area contributed by atoms with Gasteiger partial charge in [-0.05, 0) is 39.6 Å². The van der Waals surface area contributed by atoms with Crippen LogP contribution in [-0.4, -0.2) is 93.3 Å². The van der Waals surface area contributed by atoms with Crippen molar-refractivity contribution in [1.29, 1.82) is 0 Å². The van der Waals surface area contributed by atoms with Gasteiger partial charge in [0.1, 0.15) is 11.6 Å². The molecule has 2 aliphatic rings. The highest BCUT2D eigenvalue weighted by Gasteiger charge is 2.30. The minimum absolute atomic E-state index is 0. The van der Waals surface area contributed by atoms with Crippen molar-refractivity contribution in [3.63, 3.8) is 0 Å². The van der Waals surface area contributed by atoms with Crippen LogP contribution in [0.3, 0.4) is 0 Å². The van der Waals surface area contributed by atoms with Gasteiger partial charge in [0.15, 0.2) is 5.96 Å². The first-order chi connectivity index (χ1) is 14.0. The molecule has 1 N–H and O–H groups in total. The van der Waals surface area contributed by atoms with Crippen molar-refractivity contribution in [2.24, 2.45) is 4.99 Å². The maximum absolute atomic E-state index is 14.3. The Morgan fingerprint density at radius 1 is 1.23 bits per heavy atom. The van der Waals surface area contributed by atoms with E-state index in [0.717, 1.165) is 58.3 Å². The molecule has 170 valence electrons. The quantitative estimate of drug-likeness (QED) is 0.344. The molecule has 2 atom stereocenters. The first kappa shape index (κ1) is 25.2. The Labute approximate surface area is 195 Å². The molecule has 0 bridgehead atoms. The lowest BCUT2D eigenvalue weighted by Crippen LogP contribution is -2.46. The molecule has 2 fully saturated rings. The van der Waals surface area contributed by atoms with Gasteiger partial charge < -0.3 is 19.9 Å². The predicted molar refractivity (Wildman–Crippen MR) is 127 cm³/mol. The standard InChI is InChI=1S/C21H33F2N5O.HI/c1-4-24-21(28-9-8-16(15-28)27-10-12-29-13-11-27)25-14-19(26(2)3)20-17(22)6-5-7-18(20)23;/h5-7,16,19H,4,8-15H2,1-3H3,(H,24,25);1H. The van der Waals surface area contributed by atoms with Gasteiger partial charge in [0.05, 0.1) is 25.8 Å². The van der Waals surface area contributed by atoms with Gasteiger partial charge in [0.25, 0.3) is 0 Å². The van der Waals surface area contributed by atoms with E-state index >= 15 is 0 Å². The van der Waals surface area contributed by atoms with Crippen LogP contribution in [0.4, 0.5) is 8.78 Å². The summed E-state index contributed by atoms with van der Waals surface area (Å²) in [5.74, 6) is -0.248. The number of likely N-dealkylation sites (tertiary alicyclic amines) is 1. The third kappa shape index (κ3) is 6.24. The summed E-state index contributed by atoms with van der Waals surface area (Å²) in [6.45, 7) is 8.44. The number of aliphatic imine (C=N–C) groups is 1. The molecule has 3 rings (SSSR count). The van der Waals surface area contributed by atoms with Crippen LogP contribution in [0, 0.1) is 11.6 Å². The van der Waals surface area contributed by atoms with Crippen molar-refractivity contribution in [2.75, 3.05) is 66.6 Å². The third-order valence-electron chi connectivity index (χ3n) is 5.73. The van der Waals surface area contributed by atoms with Crippen LogP contribution in [0.2, 0.25) is 0 Å². The fourth-order valence-electron chi connectivity index (χ4n) is 4.12. The third-order valence-corrected chi connectivity index (χ3v) is 5.73. The molecular formula is C21H34F2IN5O. The van der Waals surface area contributed by atoms with Crippen molar-refractivity contribution >= 4 is 29.9 Å². The summed E-state index contributed by atoms with van der Waals surface area (Å²) in [7, 11) is 3.65. The molecule has 2 saturated heterocycles. The van der Waals surface area contributed by atoms with Crippen LogP contribution in [0.5, 0.6) is 0 Å². The van der Waals surface area contributed by atoms with Gasteiger partial charge in [-0.1, -0.05) is 6.07 Å². The molecule has 9 heteroatoms. The van der Waals surface area contributed by atoms with Crippen LogP contribution < -0.4 is 5.32 Å². The molecule has 1 aromatic carbocycles. The number of hydrogen-bond acceptors (Lipinski definition) is 4. The minimum atomic E-state index is -0.530. The van der Waals surface area contributed by atoms with Crippen LogP contribution >= 0.6 is 24.0 Å². The number of halogens is 3. The number of rotatable bonds is 6. The SMILES string of the molecule is CCNC(=NCC(c1c(F)cccc1F)N(C)C)N1CCC(N2CCOCC2)C1.I. The fourth-order valence-corrected chi connectivity index (χ4v) is 4.12. The highest BCUT2D eigenvalue weighted by atomic mass is 127. The number of ether oxygens (including phenoxy) is 1. The normalized spacial score (nSPS) is 21.6. The molecule has 0 amide bonds. The lowest BCUT2D eigenvalue weighted by atomic mass is 10.0. The molecule has 0 aromatic heterocycles. The Kier molecular flexibility index (Phi) is 10.2. The first-order valence-corrected chi connectivity index (χ1v) is 10.5. The number of likely N-dealkylation sites (N-methyl/N-ethyl adjacent to an activating group) is 1. The van der Waals surface area contributed by atoms with Crippen molar-refractivity contribution in [1.82, 2.24) is 20.0 Å². The summed E-state index contributed by atoms with van der Waals surface area (Å²) < 4.78 is 34.1. The Hall–Kier alpha value is -1.04. The number of guanidine groups is 1. The number of hydrogen-bond donors (Lipinski definition) is 1. The maximum Gasteiger partial charge on any atom is 0.194 e. The van der Waals surface area contributed by atoms with Crippen molar-refractivity contribution in [3.8, 4) is 0 Å². The number of nitrogens with zero attached hydrogens (tertiary/aromatic N) is 4.